The maximum absolute atomic E-state index is 12.2. The molecule has 1 aliphatic heterocycles. The van der Waals surface area contributed by atoms with E-state index in [0.717, 1.165) is 16.5 Å². The fraction of sp³-hybridized carbons (Fsp3) is 0.467. The average Bonchev–Trinajstić information content (AvgIpc) is 2.84. The third-order valence-electron chi connectivity index (χ3n) is 3.47. The van der Waals surface area contributed by atoms with E-state index in [2.05, 4.69) is 21.2 Å². The Kier molecular flexibility index (Phi) is 5.36. The number of nitrogens with one attached hydrogen (secondary N) is 1. The van der Waals surface area contributed by atoms with Gasteiger partial charge in [0.2, 0.25) is 5.91 Å². The van der Waals surface area contributed by atoms with Gasteiger partial charge in [-0.1, -0.05) is 28.1 Å². The van der Waals surface area contributed by atoms with Gasteiger partial charge in [-0.3, -0.25) is 9.59 Å². The minimum atomic E-state index is -0.957. The van der Waals surface area contributed by atoms with Gasteiger partial charge in [0, 0.05) is 4.47 Å². The van der Waals surface area contributed by atoms with Gasteiger partial charge < -0.3 is 15.2 Å². The van der Waals surface area contributed by atoms with E-state index in [1.807, 2.05) is 25.1 Å². The number of carbonyl (C=O) groups excluding carboxylic acids is 1. The summed E-state index contributed by atoms with van der Waals surface area (Å²) in [5.74, 6) is -1.20. The molecule has 1 aromatic carbocycles. The number of benzene rings is 1. The first kappa shape index (κ1) is 16.0. The number of amides is 1. The van der Waals surface area contributed by atoms with Gasteiger partial charge in [0.05, 0.1) is 18.6 Å². The highest BCUT2D eigenvalue weighted by atomic mass is 79.9. The van der Waals surface area contributed by atoms with Crippen LogP contribution in [-0.4, -0.2) is 29.2 Å². The van der Waals surface area contributed by atoms with Crippen molar-refractivity contribution in [2.75, 3.05) is 0 Å². The molecular formula is C15H18BrNO4. The largest absolute Gasteiger partial charge is 0.481 e. The maximum atomic E-state index is 12.2. The van der Waals surface area contributed by atoms with Crippen LogP contribution in [0.5, 0.6) is 0 Å². The smallest absolute Gasteiger partial charge is 0.305 e. The number of rotatable bonds is 5. The van der Waals surface area contributed by atoms with E-state index in [0.29, 0.717) is 6.42 Å². The van der Waals surface area contributed by atoms with Gasteiger partial charge in [-0.15, -0.1) is 0 Å². The molecule has 0 spiro atoms. The lowest BCUT2D eigenvalue weighted by atomic mass is 10.0. The molecule has 3 unspecified atom stereocenters. The van der Waals surface area contributed by atoms with Gasteiger partial charge in [-0.2, -0.15) is 0 Å². The second-order valence-corrected chi connectivity index (χ2v) is 6.14. The number of halogens is 1. The molecule has 0 aromatic heterocycles. The van der Waals surface area contributed by atoms with E-state index in [-0.39, 0.29) is 18.4 Å². The first-order valence-corrected chi connectivity index (χ1v) is 7.68. The predicted molar refractivity (Wildman–Crippen MR) is 80.8 cm³/mol. The Labute approximate surface area is 131 Å². The molecule has 1 heterocycles. The first-order chi connectivity index (χ1) is 9.95. The topological polar surface area (TPSA) is 75.6 Å². The van der Waals surface area contributed by atoms with Crippen molar-refractivity contribution < 1.29 is 19.4 Å². The quantitative estimate of drug-likeness (QED) is 0.851. The molecule has 6 heteroatoms. The summed E-state index contributed by atoms with van der Waals surface area (Å²) in [4.78, 5) is 23.2. The van der Waals surface area contributed by atoms with Crippen molar-refractivity contribution in [2.45, 2.75) is 44.4 Å². The van der Waals surface area contributed by atoms with Crippen LogP contribution in [0, 0.1) is 0 Å². The Morgan fingerprint density at radius 3 is 2.81 bits per heavy atom. The SMILES string of the molecule is CC1CCC(C(=O)NC(CC(=O)O)c2cccc(Br)c2)O1. The summed E-state index contributed by atoms with van der Waals surface area (Å²) < 4.78 is 6.36. The fourth-order valence-corrected chi connectivity index (χ4v) is 2.83. The maximum Gasteiger partial charge on any atom is 0.305 e. The number of carboxylic acid groups (broad SMARTS) is 1. The summed E-state index contributed by atoms with van der Waals surface area (Å²) in [6.07, 6.45) is 0.946. The number of hydrogen-bond acceptors (Lipinski definition) is 3. The third kappa shape index (κ3) is 4.54. The van der Waals surface area contributed by atoms with Crippen molar-refractivity contribution in [3.8, 4) is 0 Å². The molecule has 2 N–H and O–H groups in total. The van der Waals surface area contributed by atoms with Gasteiger partial charge in [-0.25, -0.2) is 0 Å². The molecule has 0 bridgehead atoms. The fourth-order valence-electron chi connectivity index (χ4n) is 2.41. The summed E-state index contributed by atoms with van der Waals surface area (Å²) in [5, 5.41) is 11.8. The summed E-state index contributed by atoms with van der Waals surface area (Å²) in [6.45, 7) is 1.93. The molecule has 1 fully saturated rings. The van der Waals surface area contributed by atoms with Crippen LogP contribution >= 0.6 is 15.9 Å². The number of aliphatic carboxylic acids is 1. The van der Waals surface area contributed by atoms with Crippen LogP contribution in [0.25, 0.3) is 0 Å². The van der Waals surface area contributed by atoms with Crippen molar-refractivity contribution in [3.05, 3.63) is 34.3 Å². The average molecular weight is 356 g/mol. The van der Waals surface area contributed by atoms with Gasteiger partial charge in [0.25, 0.3) is 0 Å². The molecule has 1 aliphatic rings. The first-order valence-electron chi connectivity index (χ1n) is 6.89. The van der Waals surface area contributed by atoms with Crippen LogP contribution in [0.1, 0.15) is 37.8 Å². The van der Waals surface area contributed by atoms with Crippen molar-refractivity contribution in [3.63, 3.8) is 0 Å². The molecule has 3 atom stereocenters. The van der Waals surface area contributed by atoms with Gasteiger partial charge in [-0.05, 0) is 37.5 Å². The second kappa shape index (κ2) is 7.04. The van der Waals surface area contributed by atoms with Gasteiger partial charge in [0.15, 0.2) is 0 Å². The van der Waals surface area contributed by atoms with Crippen LogP contribution in [-0.2, 0) is 14.3 Å². The van der Waals surface area contributed by atoms with Crippen molar-refractivity contribution in [1.82, 2.24) is 5.32 Å². The lowest BCUT2D eigenvalue weighted by Crippen LogP contribution is -2.38. The summed E-state index contributed by atoms with van der Waals surface area (Å²) in [7, 11) is 0. The lowest BCUT2D eigenvalue weighted by molar-refractivity contribution is -0.138. The van der Waals surface area contributed by atoms with E-state index >= 15 is 0 Å². The lowest BCUT2D eigenvalue weighted by Gasteiger charge is -2.20. The highest BCUT2D eigenvalue weighted by Crippen LogP contribution is 2.23. The number of ether oxygens (including phenoxy) is 1. The molecule has 1 aromatic rings. The molecule has 1 amide bonds. The van der Waals surface area contributed by atoms with E-state index in [1.54, 1.807) is 6.07 Å². The van der Waals surface area contributed by atoms with E-state index in [1.165, 1.54) is 0 Å². The number of carbonyl (C=O) groups is 2. The Hall–Kier alpha value is -1.40. The third-order valence-corrected chi connectivity index (χ3v) is 3.96. The number of hydrogen-bond donors (Lipinski definition) is 2. The van der Waals surface area contributed by atoms with Crippen LogP contribution in [0.15, 0.2) is 28.7 Å². The summed E-state index contributed by atoms with van der Waals surface area (Å²) in [6, 6.07) is 6.72. The van der Waals surface area contributed by atoms with E-state index < -0.39 is 18.1 Å². The molecule has 0 aliphatic carbocycles. The Balaban J connectivity index is 2.09. The van der Waals surface area contributed by atoms with Crippen molar-refractivity contribution in [2.24, 2.45) is 0 Å². The standard InChI is InChI=1S/C15H18BrNO4/c1-9-5-6-13(21-9)15(20)17-12(8-14(18)19)10-3-2-4-11(16)7-10/h2-4,7,9,12-13H,5-6,8H2,1H3,(H,17,20)(H,18,19). The second-order valence-electron chi connectivity index (χ2n) is 5.23. The Morgan fingerprint density at radius 2 is 2.24 bits per heavy atom. The highest BCUT2D eigenvalue weighted by Gasteiger charge is 2.30. The summed E-state index contributed by atoms with van der Waals surface area (Å²) in [5.41, 5.74) is 0.756. The molecule has 5 nitrogen and oxygen atoms in total. The van der Waals surface area contributed by atoms with Crippen LogP contribution < -0.4 is 5.32 Å². The minimum Gasteiger partial charge on any atom is -0.481 e. The molecule has 0 radical (unpaired) electrons. The van der Waals surface area contributed by atoms with Crippen LogP contribution in [0.3, 0.4) is 0 Å². The Morgan fingerprint density at radius 1 is 1.48 bits per heavy atom. The monoisotopic (exact) mass is 355 g/mol. The molecule has 2 rings (SSSR count). The van der Waals surface area contributed by atoms with Crippen LogP contribution in [0.2, 0.25) is 0 Å². The zero-order valence-electron chi connectivity index (χ0n) is 11.7. The normalized spacial score (nSPS) is 22.8. The zero-order chi connectivity index (χ0) is 15.4. The van der Waals surface area contributed by atoms with Gasteiger partial charge >= 0.3 is 5.97 Å². The molecular weight excluding hydrogens is 338 g/mol. The van der Waals surface area contributed by atoms with Crippen LogP contribution in [0.4, 0.5) is 0 Å². The Bertz CT molecular complexity index is 534. The molecule has 21 heavy (non-hydrogen) atoms. The number of carboxylic acids is 1. The highest BCUT2D eigenvalue weighted by molar-refractivity contribution is 9.10. The van der Waals surface area contributed by atoms with E-state index in [4.69, 9.17) is 9.84 Å². The zero-order valence-corrected chi connectivity index (χ0v) is 13.3. The van der Waals surface area contributed by atoms with E-state index in [9.17, 15) is 9.59 Å². The predicted octanol–water partition coefficient (Wildman–Crippen LogP) is 2.65. The molecule has 0 saturated carbocycles. The minimum absolute atomic E-state index is 0.0737. The molecule has 1 saturated heterocycles. The van der Waals surface area contributed by atoms with Crippen molar-refractivity contribution >= 4 is 27.8 Å². The summed E-state index contributed by atoms with van der Waals surface area (Å²) >= 11 is 3.35. The molecule has 114 valence electrons. The van der Waals surface area contributed by atoms with Crippen molar-refractivity contribution in [1.29, 1.82) is 0 Å². The van der Waals surface area contributed by atoms with Gasteiger partial charge in [0.1, 0.15) is 6.10 Å².